The molecule has 150 valence electrons. The summed E-state index contributed by atoms with van der Waals surface area (Å²) in [6.45, 7) is 4.40. The third-order valence-corrected chi connectivity index (χ3v) is 4.92. The first kappa shape index (κ1) is 19.3. The quantitative estimate of drug-likeness (QED) is 0.538. The van der Waals surface area contributed by atoms with Crippen LogP contribution >= 0.6 is 0 Å². The van der Waals surface area contributed by atoms with Crippen LogP contribution in [-0.2, 0) is 6.54 Å². The molecule has 0 spiro atoms. The van der Waals surface area contributed by atoms with E-state index in [1.165, 1.54) is 0 Å². The molecule has 0 bridgehead atoms. The zero-order valence-electron chi connectivity index (χ0n) is 16.7. The van der Waals surface area contributed by atoms with Gasteiger partial charge in [0.1, 0.15) is 11.3 Å². The Morgan fingerprint density at radius 1 is 1.07 bits per heavy atom. The lowest BCUT2D eigenvalue weighted by molar-refractivity contribution is 0.0945. The highest BCUT2D eigenvalue weighted by atomic mass is 16.2. The van der Waals surface area contributed by atoms with Crippen LogP contribution in [0.1, 0.15) is 37.7 Å². The van der Waals surface area contributed by atoms with Crippen LogP contribution in [0.2, 0.25) is 0 Å². The Bertz CT molecular complexity index is 1280. The van der Waals surface area contributed by atoms with Crippen LogP contribution in [0.3, 0.4) is 0 Å². The van der Waals surface area contributed by atoms with Crippen molar-refractivity contribution in [3.05, 3.63) is 89.1 Å². The number of carbonyl (C=O) groups is 2. The Morgan fingerprint density at radius 2 is 1.90 bits per heavy atom. The standard InChI is InChI=1S/C23H21N5O2/c1-14-9-16(3-5-19(14)17-7-8-25-15(2)10-17)11-26-23(30)20-13-28-12-18(22(24)29)4-6-21(28)27-20/h3-10,12-13H,11H2,1-2H3,(H2,24,29)(H,26,30). The summed E-state index contributed by atoms with van der Waals surface area (Å²) in [6.07, 6.45) is 4.95. The Balaban J connectivity index is 1.48. The molecule has 7 heteroatoms. The highest BCUT2D eigenvalue weighted by molar-refractivity contribution is 5.94. The number of hydrogen-bond acceptors (Lipinski definition) is 4. The Hall–Kier alpha value is -4.00. The predicted octanol–water partition coefficient (Wildman–Crippen LogP) is 3.04. The van der Waals surface area contributed by atoms with Crippen LogP contribution in [0.5, 0.6) is 0 Å². The summed E-state index contributed by atoms with van der Waals surface area (Å²) < 4.78 is 1.62. The second-order valence-corrected chi connectivity index (χ2v) is 7.19. The molecule has 0 aliphatic rings. The summed E-state index contributed by atoms with van der Waals surface area (Å²) in [4.78, 5) is 32.4. The van der Waals surface area contributed by atoms with Gasteiger partial charge in [0.05, 0.1) is 5.56 Å². The van der Waals surface area contributed by atoms with E-state index in [1.807, 2.05) is 19.1 Å². The molecule has 0 saturated carbocycles. The summed E-state index contributed by atoms with van der Waals surface area (Å²) >= 11 is 0. The van der Waals surface area contributed by atoms with Crippen molar-refractivity contribution in [1.29, 1.82) is 0 Å². The molecule has 0 radical (unpaired) electrons. The van der Waals surface area contributed by atoms with Crippen molar-refractivity contribution < 1.29 is 9.59 Å². The molecule has 3 heterocycles. The van der Waals surface area contributed by atoms with Crippen LogP contribution in [0, 0.1) is 13.8 Å². The minimum atomic E-state index is -0.530. The van der Waals surface area contributed by atoms with Crippen molar-refractivity contribution in [2.75, 3.05) is 0 Å². The molecule has 0 aliphatic heterocycles. The molecule has 7 nitrogen and oxygen atoms in total. The maximum atomic E-state index is 12.5. The number of rotatable bonds is 5. The number of imidazole rings is 1. The fourth-order valence-electron chi connectivity index (χ4n) is 3.39. The maximum Gasteiger partial charge on any atom is 0.271 e. The highest BCUT2D eigenvalue weighted by Crippen LogP contribution is 2.24. The molecule has 3 N–H and O–H groups in total. The van der Waals surface area contributed by atoms with Crippen molar-refractivity contribution in [3.63, 3.8) is 0 Å². The first-order valence-corrected chi connectivity index (χ1v) is 9.50. The average Bonchev–Trinajstić information content (AvgIpc) is 3.15. The number of amides is 2. The fourth-order valence-corrected chi connectivity index (χ4v) is 3.39. The third-order valence-electron chi connectivity index (χ3n) is 4.92. The lowest BCUT2D eigenvalue weighted by Gasteiger charge is -2.10. The van der Waals surface area contributed by atoms with Gasteiger partial charge in [-0.2, -0.15) is 0 Å². The number of carbonyl (C=O) groups excluding carboxylic acids is 2. The third kappa shape index (κ3) is 3.91. The van der Waals surface area contributed by atoms with Gasteiger partial charge in [-0.3, -0.25) is 14.6 Å². The van der Waals surface area contributed by atoms with Crippen LogP contribution in [-0.4, -0.2) is 26.2 Å². The number of aryl methyl sites for hydroxylation is 2. The summed E-state index contributed by atoms with van der Waals surface area (Å²) in [6, 6.07) is 13.4. The number of aromatic nitrogens is 3. The molecule has 0 fully saturated rings. The number of hydrogen-bond donors (Lipinski definition) is 2. The minimum Gasteiger partial charge on any atom is -0.366 e. The summed E-state index contributed by atoms with van der Waals surface area (Å²) in [5.41, 5.74) is 11.8. The predicted molar refractivity (Wildman–Crippen MR) is 114 cm³/mol. The normalized spacial score (nSPS) is 10.9. The van der Waals surface area contributed by atoms with Crippen molar-refractivity contribution in [3.8, 4) is 11.1 Å². The van der Waals surface area contributed by atoms with Crippen LogP contribution in [0.15, 0.2) is 61.1 Å². The van der Waals surface area contributed by atoms with Crippen LogP contribution < -0.4 is 11.1 Å². The molecule has 0 atom stereocenters. The lowest BCUT2D eigenvalue weighted by atomic mass is 9.98. The molecule has 0 unspecified atom stereocenters. The van der Waals surface area contributed by atoms with E-state index in [9.17, 15) is 9.59 Å². The molecule has 0 saturated heterocycles. The molecule has 0 aliphatic carbocycles. The highest BCUT2D eigenvalue weighted by Gasteiger charge is 2.12. The van der Waals surface area contributed by atoms with Gasteiger partial charge >= 0.3 is 0 Å². The number of primary amides is 1. The van der Waals surface area contributed by atoms with Crippen molar-refractivity contribution in [2.45, 2.75) is 20.4 Å². The van der Waals surface area contributed by atoms with E-state index in [-0.39, 0.29) is 11.6 Å². The van der Waals surface area contributed by atoms with E-state index in [4.69, 9.17) is 5.73 Å². The number of benzene rings is 1. The zero-order valence-corrected chi connectivity index (χ0v) is 16.7. The molecule has 4 rings (SSSR count). The second kappa shape index (κ2) is 7.79. The van der Waals surface area contributed by atoms with Crippen molar-refractivity contribution in [2.24, 2.45) is 5.73 Å². The first-order chi connectivity index (χ1) is 14.4. The van der Waals surface area contributed by atoms with Gasteiger partial charge in [0.15, 0.2) is 0 Å². The molecular formula is C23H21N5O2. The van der Waals surface area contributed by atoms with Crippen molar-refractivity contribution >= 4 is 17.5 Å². The fraction of sp³-hybridized carbons (Fsp3) is 0.130. The van der Waals surface area contributed by atoms with Gasteiger partial charge < -0.3 is 15.5 Å². The van der Waals surface area contributed by atoms with Gasteiger partial charge in [0.2, 0.25) is 5.91 Å². The molecule has 3 aromatic heterocycles. The number of fused-ring (bicyclic) bond motifs is 1. The monoisotopic (exact) mass is 399 g/mol. The topological polar surface area (TPSA) is 102 Å². The SMILES string of the molecule is Cc1cc(-c2ccc(CNC(=O)c3cn4cc(C(N)=O)ccc4n3)cc2C)ccn1. The molecule has 2 amide bonds. The molecular weight excluding hydrogens is 378 g/mol. The van der Waals surface area contributed by atoms with Gasteiger partial charge in [-0.15, -0.1) is 0 Å². The smallest absolute Gasteiger partial charge is 0.271 e. The van der Waals surface area contributed by atoms with E-state index in [1.54, 1.807) is 35.1 Å². The lowest BCUT2D eigenvalue weighted by Crippen LogP contribution is -2.23. The Kier molecular flexibility index (Phi) is 5.02. The molecule has 4 aromatic rings. The largest absolute Gasteiger partial charge is 0.366 e. The summed E-state index contributed by atoms with van der Waals surface area (Å²) in [7, 11) is 0. The summed E-state index contributed by atoms with van der Waals surface area (Å²) in [5.74, 6) is -0.817. The van der Waals surface area contributed by atoms with E-state index in [2.05, 4.69) is 40.4 Å². The van der Waals surface area contributed by atoms with Crippen molar-refractivity contribution in [1.82, 2.24) is 19.7 Å². The van der Waals surface area contributed by atoms with E-state index in [0.717, 1.165) is 27.9 Å². The first-order valence-electron chi connectivity index (χ1n) is 9.50. The number of nitrogens with one attached hydrogen (secondary N) is 1. The molecule has 1 aromatic carbocycles. The Labute approximate surface area is 173 Å². The maximum absolute atomic E-state index is 12.5. The molecule has 30 heavy (non-hydrogen) atoms. The summed E-state index contributed by atoms with van der Waals surface area (Å²) in [5, 5.41) is 2.89. The van der Waals surface area contributed by atoms with Gasteiger partial charge in [-0.1, -0.05) is 18.2 Å². The number of nitrogens with zero attached hydrogens (tertiary/aromatic N) is 3. The number of nitrogens with two attached hydrogens (primary N) is 1. The van der Waals surface area contributed by atoms with Crippen LogP contribution in [0.25, 0.3) is 16.8 Å². The second-order valence-electron chi connectivity index (χ2n) is 7.19. The van der Waals surface area contributed by atoms with E-state index < -0.39 is 5.91 Å². The average molecular weight is 399 g/mol. The van der Waals surface area contributed by atoms with Gasteiger partial charge in [-0.05, 0) is 60.4 Å². The number of pyridine rings is 2. The van der Waals surface area contributed by atoms with E-state index >= 15 is 0 Å². The minimum absolute atomic E-state index is 0.275. The van der Waals surface area contributed by atoms with Gasteiger partial charge in [0.25, 0.3) is 5.91 Å². The van der Waals surface area contributed by atoms with Crippen LogP contribution in [0.4, 0.5) is 0 Å². The van der Waals surface area contributed by atoms with Gasteiger partial charge in [0, 0.05) is 30.8 Å². The zero-order chi connectivity index (χ0) is 21.3. The van der Waals surface area contributed by atoms with Gasteiger partial charge in [-0.25, -0.2) is 4.98 Å². The Morgan fingerprint density at radius 3 is 2.63 bits per heavy atom. The van der Waals surface area contributed by atoms with E-state index in [0.29, 0.717) is 17.8 Å².